The van der Waals surface area contributed by atoms with Crippen molar-refractivity contribution in [2.45, 2.75) is 4.90 Å². The van der Waals surface area contributed by atoms with Gasteiger partial charge in [-0.25, -0.2) is 0 Å². The Bertz CT molecular complexity index is 404. The molecule has 0 atom stereocenters. The van der Waals surface area contributed by atoms with Gasteiger partial charge in [0, 0.05) is 5.56 Å². The Balaban J connectivity index is 0. The molecule has 0 heterocycles. The van der Waals surface area contributed by atoms with Crippen LogP contribution in [0.2, 0.25) is 0 Å². The van der Waals surface area contributed by atoms with Crippen molar-refractivity contribution in [3.05, 3.63) is 29.8 Å². The van der Waals surface area contributed by atoms with Crippen molar-refractivity contribution in [3.63, 3.8) is 0 Å². The van der Waals surface area contributed by atoms with Crippen LogP contribution in [0.1, 0.15) is 11.8 Å². The van der Waals surface area contributed by atoms with Crippen molar-refractivity contribution < 1.29 is 48.7 Å². The number of benzene rings is 1. The fourth-order valence-corrected chi connectivity index (χ4v) is 1.28. The zero-order valence-electron chi connectivity index (χ0n) is 7.97. The van der Waals surface area contributed by atoms with Gasteiger partial charge >= 0.3 is 29.6 Å². The molecule has 1 aromatic rings. The van der Waals surface area contributed by atoms with Crippen LogP contribution in [0.4, 0.5) is 0 Å². The Morgan fingerprint density at radius 3 is 2.46 bits per heavy atom. The molecule has 0 aliphatic rings. The van der Waals surface area contributed by atoms with Gasteiger partial charge in [0.2, 0.25) is 0 Å². The van der Waals surface area contributed by atoms with Crippen molar-refractivity contribution in [2.75, 3.05) is 0 Å². The molecule has 0 saturated heterocycles. The van der Waals surface area contributed by atoms with E-state index in [1.165, 1.54) is 18.2 Å². The van der Waals surface area contributed by atoms with Crippen LogP contribution in [-0.2, 0) is 10.1 Å². The third-order valence-electron chi connectivity index (χ3n) is 1.29. The van der Waals surface area contributed by atoms with Crippen LogP contribution < -0.4 is 29.6 Å². The van der Waals surface area contributed by atoms with Crippen molar-refractivity contribution in [1.82, 2.24) is 0 Å². The maximum atomic E-state index is 10.5. The summed E-state index contributed by atoms with van der Waals surface area (Å²) in [6.07, 6.45) is 0.509. The van der Waals surface area contributed by atoms with Crippen LogP contribution in [0.25, 0.3) is 0 Å². The van der Waals surface area contributed by atoms with E-state index in [1.54, 1.807) is 0 Å². The maximum absolute atomic E-state index is 10.5. The normalized spacial score (nSPS) is 10.2. The van der Waals surface area contributed by atoms with E-state index in [0.29, 0.717) is 6.29 Å². The Morgan fingerprint density at radius 2 is 2.00 bits per heavy atom. The third-order valence-corrected chi connectivity index (χ3v) is 2.14. The van der Waals surface area contributed by atoms with Gasteiger partial charge in [0.05, 0.1) is 4.90 Å². The van der Waals surface area contributed by atoms with E-state index in [1.807, 2.05) is 0 Å². The number of hydrogen-bond acceptors (Lipinski definition) is 3. The quantitative estimate of drug-likeness (QED) is 0.343. The first-order valence-corrected chi connectivity index (χ1v) is 4.51. The smallest absolute Gasteiger partial charge is 1.00 e. The van der Waals surface area contributed by atoms with Gasteiger partial charge in [-0.15, -0.1) is 0 Å². The predicted molar refractivity (Wildman–Crippen MR) is 42.8 cm³/mol. The molecule has 4 nitrogen and oxygen atoms in total. The average Bonchev–Trinajstić information content (AvgIpc) is 2.03. The Labute approximate surface area is 99.5 Å². The summed E-state index contributed by atoms with van der Waals surface area (Å²) in [5.41, 5.74) is 0.213. The van der Waals surface area contributed by atoms with Crippen LogP contribution in [0, 0.1) is 0 Å². The second kappa shape index (κ2) is 4.88. The first kappa shape index (κ1) is 12.8. The fourth-order valence-electron chi connectivity index (χ4n) is 0.748. The predicted octanol–water partition coefficient (Wildman–Crippen LogP) is -2.14. The summed E-state index contributed by atoms with van der Waals surface area (Å²) in [5, 5.41) is 0. The van der Waals surface area contributed by atoms with Gasteiger partial charge in [-0.05, 0) is 12.1 Å². The largest absolute Gasteiger partial charge is 1.00 e. The third kappa shape index (κ3) is 3.58. The molecule has 6 heteroatoms. The first-order chi connectivity index (χ1) is 5.54. The number of carbonyl (C=O) groups excluding carboxylic acids is 1. The van der Waals surface area contributed by atoms with Crippen molar-refractivity contribution in [2.24, 2.45) is 0 Å². The van der Waals surface area contributed by atoms with Gasteiger partial charge in [-0.2, -0.15) is 8.42 Å². The molecule has 0 bridgehead atoms. The maximum Gasteiger partial charge on any atom is 1.00 e. The number of hydrogen-bond donors (Lipinski definition) is 1. The molecular weight excluding hydrogens is 203 g/mol. The molecule has 0 unspecified atom stereocenters. The second-order valence-electron chi connectivity index (χ2n) is 2.17. The first-order valence-electron chi connectivity index (χ1n) is 3.07. The minimum absolute atomic E-state index is 0. The molecule has 0 amide bonds. The minimum atomic E-state index is -4.19. The van der Waals surface area contributed by atoms with Crippen LogP contribution in [0.15, 0.2) is 29.2 Å². The molecule has 0 aromatic heterocycles. The molecule has 1 rings (SSSR count). The van der Waals surface area contributed by atoms with E-state index in [0.717, 1.165) is 6.07 Å². The van der Waals surface area contributed by atoms with Crippen LogP contribution in [0.5, 0.6) is 0 Å². The van der Waals surface area contributed by atoms with Crippen LogP contribution in [-0.4, -0.2) is 19.3 Å². The summed E-state index contributed by atoms with van der Waals surface area (Å²) in [6, 6.07) is 5.14. The standard InChI is InChI=1S/C7H6O4S.Na.H/c8-5-6-2-1-3-7(4-6)12(9,10)11;;/h1-5H,(H,9,10,11);;/q;+1;-1. The summed E-state index contributed by atoms with van der Waals surface area (Å²) in [7, 11) is -4.19. The number of carbonyl (C=O) groups is 1. The monoisotopic (exact) mass is 210 g/mol. The van der Waals surface area contributed by atoms with E-state index in [9.17, 15) is 13.2 Å². The van der Waals surface area contributed by atoms with Crippen molar-refractivity contribution >= 4 is 16.4 Å². The van der Waals surface area contributed by atoms with E-state index in [-0.39, 0.29) is 41.4 Å². The topological polar surface area (TPSA) is 71.4 Å². The van der Waals surface area contributed by atoms with Crippen molar-refractivity contribution in [1.29, 1.82) is 0 Å². The summed E-state index contributed by atoms with van der Waals surface area (Å²) < 4.78 is 29.6. The molecule has 1 aromatic carbocycles. The minimum Gasteiger partial charge on any atom is -1.00 e. The average molecular weight is 210 g/mol. The van der Waals surface area contributed by atoms with Crippen LogP contribution >= 0.6 is 0 Å². The van der Waals surface area contributed by atoms with Crippen LogP contribution in [0.3, 0.4) is 0 Å². The Kier molecular flexibility index (Phi) is 4.80. The van der Waals surface area contributed by atoms with Gasteiger partial charge in [0.15, 0.2) is 0 Å². The SMILES string of the molecule is O=Cc1cccc(S(=O)(=O)O)c1.[H-].[Na+]. The molecule has 66 valence electrons. The van der Waals surface area contributed by atoms with E-state index < -0.39 is 10.1 Å². The molecule has 0 aliphatic carbocycles. The van der Waals surface area contributed by atoms with E-state index in [2.05, 4.69) is 0 Å². The summed E-state index contributed by atoms with van der Waals surface area (Å²) >= 11 is 0. The van der Waals surface area contributed by atoms with Gasteiger partial charge in [-0.3, -0.25) is 9.35 Å². The van der Waals surface area contributed by atoms with Gasteiger partial charge < -0.3 is 1.43 Å². The van der Waals surface area contributed by atoms with Gasteiger partial charge in [0.25, 0.3) is 10.1 Å². The molecular formula is C7H7NaO4S. The second-order valence-corrected chi connectivity index (χ2v) is 3.59. The van der Waals surface area contributed by atoms with Crippen molar-refractivity contribution in [3.8, 4) is 0 Å². The number of rotatable bonds is 2. The summed E-state index contributed by atoms with van der Waals surface area (Å²) in [5.74, 6) is 0. The zero-order valence-corrected chi connectivity index (χ0v) is 9.78. The molecule has 0 aliphatic heterocycles. The van der Waals surface area contributed by atoms with Gasteiger partial charge in [0.1, 0.15) is 6.29 Å². The van der Waals surface area contributed by atoms with Gasteiger partial charge in [-0.1, -0.05) is 12.1 Å². The Morgan fingerprint density at radius 1 is 1.38 bits per heavy atom. The Hall–Kier alpha value is -0.200. The number of aldehydes is 1. The van der Waals surface area contributed by atoms with E-state index in [4.69, 9.17) is 4.55 Å². The molecule has 0 spiro atoms. The molecule has 0 radical (unpaired) electrons. The van der Waals surface area contributed by atoms with E-state index >= 15 is 0 Å². The molecule has 13 heavy (non-hydrogen) atoms. The fraction of sp³-hybridized carbons (Fsp3) is 0. The zero-order chi connectivity index (χ0) is 9.19. The summed E-state index contributed by atoms with van der Waals surface area (Å²) in [6.45, 7) is 0. The summed E-state index contributed by atoms with van der Waals surface area (Å²) in [4.78, 5) is 9.94. The molecule has 0 fully saturated rings. The molecule has 0 saturated carbocycles. The molecule has 1 N–H and O–H groups in total.